The first kappa shape index (κ1) is 15.6. The molecule has 0 saturated heterocycles. The molecule has 3 rings (SSSR count). The lowest BCUT2D eigenvalue weighted by atomic mass is 9.85. The molecule has 0 heteroatoms. The van der Waals surface area contributed by atoms with Crippen LogP contribution in [0.5, 0.6) is 0 Å². The number of benzene rings is 3. The van der Waals surface area contributed by atoms with E-state index >= 15 is 0 Å². The van der Waals surface area contributed by atoms with E-state index in [-0.39, 0.29) is 0 Å². The van der Waals surface area contributed by atoms with Crippen molar-refractivity contribution in [3.63, 3.8) is 0 Å². The fourth-order valence-corrected chi connectivity index (χ4v) is 3.33. The number of hydrogen-bond acceptors (Lipinski definition) is 0. The van der Waals surface area contributed by atoms with Crippen LogP contribution in [0.2, 0.25) is 0 Å². The molecule has 116 valence electrons. The van der Waals surface area contributed by atoms with Gasteiger partial charge in [-0.3, -0.25) is 0 Å². The standard InChI is InChI=1S/C23H24/c1-3-23(20-13-8-5-9-14-20)22-16-10-15-21(17-22)18(2)19-11-6-4-7-12-19/h4-18,23H,3H2,1-2H3. The summed E-state index contributed by atoms with van der Waals surface area (Å²) in [6, 6.07) is 30.7. The first-order valence-electron chi connectivity index (χ1n) is 8.49. The zero-order valence-electron chi connectivity index (χ0n) is 13.9. The van der Waals surface area contributed by atoms with Crippen LogP contribution >= 0.6 is 0 Å². The van der Waals surface area contributed by atoms with Crippen molar-refractivity contribution in [2.24, 2.45) is 0 Å². The van der Waals surface area contributed by atoms with Gasteiger partial charge in [-0.1, -0.05) is 98.8 Å². The summed E-state index contributed by atoms with van der Waals surface area (Å²) in [5, 5.41) is 0. The Balaban J connectivity index is 1.93. The molecule has 0 radical (unpaired) electrons. The van der Waals surface area contributed by atoms with Crippen molar-refractivity contribution in [3.8, 4) is 0 Å². The van der Waals surface area contributed by atoms with Gasteiger partial charge in [-0.2, -0.15) is 0 Å². The van der Waals surface area contributed by atoms with Crippen LogP contribution < -0.4 is 0 Å². The lowest BCUT2D eigenvalue weighted by Gasteiger charge is -2.19. The molecule has 23 heavy (non-hydrogen) atoms. The molecule has 2 unspecified atom stereocenters. The normalized spacial score (nSPS) is 13.5. The molecule has 0 N–H and O–H groups in total. The summed E-state index contributed by atoms with van der Waals surface area (Å²) >= 11 is 0. The van der Waals surface area contributed by atoms with E-state index in [0.29, 0.717) is 11.8 Å². The fraction of sp³-hybridized carbons (Fsp3) is 0.217. The Morgan fingerprint density at radius 3 is 1.74 bits per heavy atom. The summed E-state index contributed by atoms with van der Waals surface area (Å²) in [6.07, 6.45) is 1.12. The molecule has 0 fully saturated rings. The summed E-state index contributed by atoms with van der Waals surface area (Å²) in [6.45, 7) is 4.56. The van der Waals surface area contributed by atoms with Crippen LogP contribution in [-0.2, 0) is 0 Å². The third kappa shape index (κ3) is 3.53. The second kappa shape index (κ2) is 7.28. The van der Waals surface area contributed by atoms with E-state index in [1.807, 2.05) is 0 Å². The molecule has 3 aromatic rings. The van der Waals surface area contributed by atoms with Gasteiger partial charge in [-0.05, 0) is 28.7 Å². The molecule has 0 aliphatic carbocycles. The summed E-state index contributed by atoms with van der Waals surface area (Å²) in [5.74, 6) is 0.892. The van der Waals surface area contributed by atoms with E-state index in [1.165, 1.54) is 22.3 Å². The lowest BCUT2D eigenvalue weighted by Crippen LogP contribution is -2.02. The topological polar surface area (TPSA) is 0 Å². The maximum absolute atomic E-state index is 2.39. The Morgan fingerprint density at radius 2 is 1.13 bits per heavy atom. The van der Waals surface area contributed by atoms with Crippen LogP contribution in [0.3, 0.4) is 0 Å². The van der Waals surface area contributed by atoms with Gasteiger partial charge in [0.1, 0.15) is 0 Å². The van der Waals surface area contributed by atoms with E-state index in [4.69, 9.17) is 0 Å². The Bertz CT molecular complexity index is 728. The van der Waals surface area contributed by atoms with Crippen LogP contribution in [0.4, 0.5) is 0 Å². The monoisotopic (exact) mass is 300 g/mol. The molecule has 3 aromatic carbocycles. The van der Waals surface area contributed by atoms with Crippen molar-refractivity contribution in [3.05, 3.63) is 107 Å². The Labute approximate surface area is 139 Å². The largest absolute Gasteiger partial charge is 0.0645 e. The molecule has 0 bridgehead atoms. The van der Waals surface area contributed by atoms with Crippen molar-refractivity contribution in [2.75, 3.05) is 0 Å². The molecule has 2 atom stereocenters. The van der Waals surface area contributed by atoms with Gasteiger partial charge in [-0.25, -0.2) is 0 Å². The highest BCUT2D eigenvalue weighted by molar-refractivity contribution is 5.38. The molecule has 0 aliphatic heterocycles. The lowest BCUT2D eigenvalue weighted by molar-refractivity contribution is 0.773. The van der Waals surface area contributed by atoms with Gasteiger partial charge in [0.25, 0.3) is 0 Å². The zero-order valence-corrected chi connectivity index (χ0v) is 13.9. The van der Waals surface area contributed by atoms with E-state index in [9.17, 15) is 0 Å². The molecule has 0 heterocycles. The third-order valence-electron chi connectivity index (χ3n) is 4.72. The minimum Gasteiger partial charge on any atom is -0.0645 e. The smallest absolute Gasteiger partial charge is 0.00868 e. The highest BCUT2D eigenvalue weighted by atomic mass is 14.2. The Kier molecular flexibility index (Phi) is 4.92. The Hall–Kier alpha value is -2.34. The molecule has 0 saturated carbocycles. The fourth-order valence-electron chi connectivity index (χ4n) is 3.33. The average molecular weight is 300 g/mol. The predicted molar refractivity (Wildman–Crippen MR) is 99.0 cm³/mol. The maximum atomic E-state index is 2.39. The van der Waals surface area contributed by atoms with Gasteiger partial charge in [0.15, 0.2) is 0 Å². The maximum Gasteiger partial charge on any atom is 0.00868 e. The first-order chi connectivity index (χ1) is 11.3. The van der Waals surface area contributed by atoms with E-state index < -0.39 is 0 Å². The highest BCUT2D eigenvalue weighted by Crippen LogP contribution is 2.31. The summed E-state index contributed by atoms with van der Waals surface area (Å²) < 4.78 is 0. The van der Waals surface area contributed by atoms with Crippen molar-refractivity contribution in [2.45, 2.75) is 32.1 Å². The minimum absolute atomic E-state index is 0.421. The number of rotatable bonds is 5. The molecular formula is C23H24. The molecular weight excluding hydrogens is 276 g/mol. The van der Waals surface area contributed by atoms with Crippen LogP contribution in [0.25, 0.3) is 0 Å². The molecule has 0 aromatic heterocycles. The minimum atomic E-state index is 0.421. The third-order valence-corrected chi connectivity index (χ3v) is 4.72. The molecule has 0 amide bonds. The van der Waals surface area contributed by atoms with Gasteiger partial charge in [0.2, 0.25) is 0 Å². The quantitative estimate of drug-likeness (QED) is 0.513. The first-order valence-corrected chi connectivity index (χ1v) is 8.49. The SMILES string of the molecule is CCC(c1ccccc1)c1cccc(C(C)c2ccccc2)c1. The zero-order chi connectivity index (χ0) is 16.1. The van der Waals surface area contributed by atoms with Gasteiger partial charge in [0, 0.05) is 11.8 Å². The Morgan fingerprint density at radius 1 is 0.609 bits per heavy atom. The summed E-state index contributed by atoms with van der Waals surface area (Å²) in [7, 11) is 0. The van der Waals surface area contributed by atoms with Crippen LogP contribution in [0.15, 0.2) is 84.9 Å². The second-order valence-electron chi connectivity index (χ2n) is 6.17. The number of hydrogen-bond donors (Lipinski definition) is 0. The second-order valence-corrected chi connectivity index (χ2v) is 6.17. The van der Waals surface area contributed by atoms with Crippen LogP contribution in [0, 0.1) is 0 Å². The summed E-state index contributed by atoms with van der Waals surface area (Å²) in [5.41, 5.74) is 5.58. The average Bonchev–Trinajstić information content (AvgIpc) is 2.64. The van der Waals surface area contributed by atoms with Gasteiger partial charge < -0.3 is 0 Å². The molecule has 0 spiro atoms. The van der Waals surface area contributed by atoms with Crippen molar-refractivity contribution >= 4 is 0 Å². The van der Waals surface area contributed by atoms with Crippen molar-refractivity contribution < 1.29 is 0 Å². The van der Waals surface area contributed by atoms with Crippen LogP contribution in [-0.4, -0.2) is 0 Å². The van der Waals surface area contributed by atoms with E-state index in [2.05, 4.69) is 98.8 Å². The van der Waals surface area contributed by atoms with E-state index in [1.54, 1.807) is 0 Å². The predicted octanol–water partition coefficient (Wildman–Crippen LogP) is 6.38. The summed E-state index contributed by atoms with van der Waals surface area (Å²) in [4.78, 5) is 0. The van der Waals surface area contributed by atoms with Crippen LogP contribution in [0.1, 0.15) is 54.4 Å². The molecule has 0 aliphatic rings. The van der Waals surface area contributed by atoms with Gasteiger partial charge >= 0.3 is 0 Å². The highest BCUT2D eigenvalue weighted by Gasteiger charge is 2.14. The van der Waals surface area contributed by atoms with E-state index in [0.717, 1.165) is 6.42 Å². The molecule has 0 nitrogen and oxygen atoms in total. The van der Waals surface area contributed by atoms with Crippen molar-refractivity contribution in [1.82, 2.24) is 0 Å². The van der Waals surface area contributed by atoms with Gasteiger partial charge in [-0.15, -0.1) is 0 Å². The van der Waals surface area contributed by atoms with Crippen molar-refractivity contribution in [1.29, 1.82) is 0 Å². The van der Waals surface area contributed by atoms with Gasteiger partial charge in [0.05, 0.1) is 0 Å².